The van der Waals surface area contributed by atoms with Gasteiger partial charge in [0.15, 0.2) is 0 Å². The number of benzene rings is 2. The Morgan fingerprint density at radius 1 is 1.07 bits per heavy atom. The smallest absolute Gasteiger partial charge is 0.319 e. The van der Waals surface area contributed by atoms with E-state index < -0.39 is 0 Å². The molecule has 2 aromatic rings. The largest absolute Gasteiger partial charge is 0.493 e. The van der Waals surface area contributed by atoms with Gasteiger partial charge in [-0.3, -0.25) is 4.79 Å². The van der Waals surface area contributed by atoms with E-state index in [1.54, 1.807) is 36.4 Å². The molecule has 0 fully saturated rings. The molecule has 0 aliphatic carbocycles. The molecule has 2 aromatic carbocycles. The van der Waals surface area contributed by atoms with Gasteiger partial charge in [-0.05, 0) is 53.6 Å². The topological polar surface area (TPSA) is 79.5 Å². The maximum absolute atomic E-state index is 12.1. The van der Waals surface area contributed by atoms with E-state index in [9.17, 15) is 9.59 Å². The van der Waals surface area contributed by atoms with Gasteiger partial charge in [0.25, 0.3) is 0 Å². The Balaban J connectivity index is 1.53. The van der Waals surface area contributed by atoms with Crippen LogP contribution in [0, 0.1) is 0 Å². The third-order valence-electron chi connectivity index (χ3n) is 3.96. The molecule has 0 radical (unpaired) electrons. The van der Waals surface area contributed by atoms with Crippen molar-refractivity contribution in [3.63, 3.8) is 0 Å². The van der Waals surface area contributed by atoms with Gasteiger partial charge < -0.3 is 20.7 Å². The lowest BCUT2D eigenvalue weighted by Gasteiger charge is -2.07. The molecule has 1 aliphatic rings. The van der Waals surface area contributed by atoms with Crippen LogP contribution in [-0.4, -0.2) is 25.1 Å². The fraction of sp³-hybridized carbons (Fsp3) is 0.143. The van der Waals surface area contributed by atoms with Crippen molar-refractivity contribution in [2.45, 2.75) is 6.42 Å². The number of rotatable bonds is 6. The number of carbonyl (C=O) groups excluding carboxylic acids is 2. The molecule has 138 valence electrons. The molecule has 6 nitrogen and oxygen atoms in total. The second-order valence-corrected chi connectivity index (χ2v) is 5.99. The summed E-state index contributed by atoms with van der Waals surface area (Å²) in [5, 5.41) is 8.10. The first-order chi connectivity index (χ1) is 13.1. The highest BCUT2D eigenvalue weighted by Gasteiger charge is 2.11. The Hall–Kier alpha value is -3.54. The van der Waals surface area contributed by atoms with Crippen molar-refractivity contribution >= 4 is 29.4 Å². The van der Waals surface area contributed by atoms with Crippen molar-refractivity contribution in [3.05, 3.63) is 72.3 Å². The molecular formula is C21H21N3O3. The number of carbonyl (C=O) groups is 2. The number of anilines is 2. The summed E-state index contributed by atoms with van der Waals surface area (Å²) in [4.78, 5) is 23.7. The van der Waals surface area contributed by atoms with Crippen molar-refractivity contribution in [2.24, 2.45) is 0 Å². The van der Waals surface area contributed by atoms with Gasteiger partial charge in [-0.15, -0.1) is 6.58 Å². The van der Waals surface area contributed by atoms with Crippen LogP contribution in [-0.2, 0) is 11.2 Å². The summed E-state index contributed by atoms with van der Waals surface area (Å²) >= 11 is 0. The van der Waals surface area contributed by atoms with Crippen LogP contribution in [0.25, 0.3) is 6.08 Å². The fourth-order valence-corrected chi connectivity index (χ4v) is 2.64. The number of fused-ring (bicyclic) bond motifs is 1. The number of hydrogen-bond acceptors (Lipinski definition) is 3. The maximum Gasteiger partial charge on any atom is 0.319 e. The molecule has 3 amide bonds. The molecule has 6 heteroatoms. The van der Waals surface area contributed by atoms with E-state index in [0.29, 0.717) is 24.5 Å². The van der Waals surface area contributed by atoms with Crippen LogP contribution in [0.2, 0.25) is 0 Å². The number of nitrogens with one attached hydrogen (secondary N) is 3. The van der Waals surface area contributed by atoms with Gasteiger partial charge in [0.2, 0.25) is 5.91 Å². The van der Waals surface area contributed by atoms with E-state index in [1.165, 1.54) is 6.08 Å². The maximum atomic E-state index is 12.1. The van der Waals surface area contributed by atoms with E-state index in [1.807, 2.05) is 18.2 Å². The first kappa shape index (κ1) is 18.3. The Labute approximate surface area is 157 Å². The molecule has 0 aromatic heterocycles. The minimum Gasteiger partial charge on any atom is -0.493 e. The summed E-state index contributed by atoms with van der Waals surface area (Å²) in [5.74, 6) is 0.694. The Morgan fingerprint density at radius 3 is 2.56 bits per heavy atom. The zero-order valence-electron chi connectivity index (χ0n) is 14.8. The lowest BCUT2D eigenvalue weighted by molar-refractivity contribution is -0.111. The predicted octanol–water partition coefficient (Wildman–Crippen LogP) is 3.58. The summed E-state index contributed by atoms with van der Waals surface area (Å²) < 4.78 is 5.47. The number of urea groups is 1. The van der Waals surface area contributed by atoms with Gasteiger partial charge in [0.1, 0.15) is 5.75 Å². The first-order valence-electron chi connectivity index (χ1n) is 8.64. The molecule has 3 rings (SSSR count). The molecule has 3 N–H and O–H groups in total. The Morgan fingerprint density at radius 2 is 1.81 bits per heavy atom. The quantitative estimate of drug-likeness (QED) is 0.542. The number of amides is 3. The molecule has 0 saturated carbocycles. The fourth-order valence-electron chi connectivity index (χ4n) is 2.64. The minimum atomic E-state index is -0.311. The molecule has 0 spiro atoms. The predicted molar refractivity (Wildman–Crippen MR) is 107 cm³/mol. The van der Waals surface area contributed by atoms with Gasteiger partial charge in [-0.1, -0.05) is 12.1 Å². The second kappa shape index (κ2) is 8.71. The average Bonchev–Trinajstić information content (AvgIpc) is 3.14. The van der Waals surface area contributed by atoms with Crippen molar-refractivity contribution in [3.8, 4) is 5.75 Å². The van der Waals surface area contributed by atoms with Crippen molar-refractivity contribution in [2.75, 3.05) is 23.8 Å². The van der Waals surface area contributed by atoms with E-state index in [-0.39, 0.29) is 11.9 Å². The number of ether oxygens (including phenoxy) is 1. The van der Waals surface area contributed by atoms with Gasteiger partial charge >= 0.3 is 6.03 Å². The van der Waals surface area contributed by atoms with Crippen molar-refractivity contribution < 1.29 is 14.3 Å². The van der Waals surface area contributed by atoms with Gasteiger partial charge in [-0.25, -0.2) is 4.79 Å². The van der Waals surface area contributed by atoms with Crippen LogP contribution in [0.1, 0.15) is 11.1 Å². The highest BCUT2D eigenvalue weighted by molar-refractivity contribution is 6.02. The molecule has 0 unspecified atom stereocenters. The van der Waals surface area contributed by atoms with E-state index in [0.717, 1.165) is 23.3 Å². The lowest BCUT2D eigenvalue weighted by Crippen LogP contribution is -2.28. The zero-order chi connectivity index (χ0) is 19.1. The highest BCUT2D eigenvalue weighted by Crippen LogP contribution is 2.26. The van der Waals surface area contributed by atoms with Crippen LogP contribution in [0.3, 0.4) is 0 Å². The lowest BCUT2D eigenvalue weighted by atomic mass is 10.1. The first-order valence-corrected chi connectivity index (χ1v) is 8.64. The molecule has 0 saturated heterocycles. The van der Waals surface area contributed by atoms with Crippen LogP contribution in [0.15, 0.2) is 61.2 Å². The third-order valence-corrected chi connectivity index (χ3v) is 3.96. The van der Waals surface area contributed by atoms with Gasteiger partial charge in [0.05, 0.1) is 6.61 Å². The van der Waals surface area contributed by atoms with Crippen LogP contribution >= 0.6 is 0 Å². The monoisotopic (exact) mass is 363 g/mol. The molecular weight excluding hydrogens is 342 g/mol. The van der Waals surface area contributed by atoms with Crippen LogP contribution in [0.5, 0.6) is 5.75 Å². The molecule has 27 heavy (non-hydrogen) atoms. The van der Waals surface area contributed by atoms with Crippen LogP contribution in [0.4, 0.5) is 16.2 Å². The molecule has 1 heterocycles. The normalized spacial score (nSPS) is 12.1. The average molecular weight is 363 g/mol. The highest BCUT2D eigenvalue weighted by atomic mass is 16.5. The van der Waals surface area contributed by atoms with Crippen LogP contribution < -0.4 is 20.7 Å². The molecule has 1 aliphatic heterocycles. The number of hydrogen-bond donors (Lipinski definition) is 3. The minimum absolute atomic E-state index is 0.226. The van der Waals surface area contributed by atoms with Crippen molar-refractivity contribution in [1.29, 1.82) is 0 Å². The Bertz CT molecular complexity index is 873. The van der Waals surface area contributed by atoms with Gasteiger partial charge in [0, 0.05) is 30.4 Å². The summed E-state index contributed by atoms with van der Waals surface area (Å²) in [6.45, 7) is 4.64. The van der Waals surface area contributed by atoms with E-state index >= 15 is 0 Å². The summed E-state index contributed by atoms with van der Waals surface area (Å²) in [7, 11) is 0. The molecule has 0 atom stereocenters. The summed E-state index contributed by atoms with van der Waals surface area (Å²) in [6.07, 6.45) is 5.76. The van der Waals surface area contributed by atoms with E-state index in [2.05, 4.69) is 22.5 Å². The molecule has 0 bridgehead atoms. The standard InChI is InChI=1S/C21H21N3O3/c1-2-12-22-21(26)24-18-7-5-17(6-8-18)23-20(25)10-4-15-3-9-19-16(14-15)11-13-27-19/h2-10,14H,1,11-13H2,(H,23,25)(H2,22,24,26)/b10-4+. The van der Waals surface area contributed by atoms with Gasteiger partial charge in [-0.2, -0.15) is 0 Å². The SMILES string of the molecule is C=CCNC(=O)Nc1ccc(NC(=O)/C=C/c2ccc3c(c2)CCO3)cc1. The second-order valence-electron chi connectivity index (χ2n) is 5.99. The zero-order valence-corrected chi connectivity index (χ0v) is 14.8. The third kappa shape index (κ3) is 5.22. The van der Waals surface area contributed by atoms with E-state index in [4.69, 9.17) is 4.74 Å². The summed E-state index contributed by atoms with van der Waals surface area (Å²) in [5.41, 5.74) is 3.40. The van der Waals surface area contributed by atoms with Crippen molar-refractivity contribution in [1.82, 2.24) is 5.32 Å². The Kier molecular flexibility index (Phi) is 5.89. The summed E-state index contributed by atoms with van der Waals surface area (Å²) in [6, 6.07) is 12.4.